The monoisotopic (exact) mass is 285 g/mol. The van der Waals surface area contributed by atoms with Gasteiger partial charge >= 0.3 is 0 Å². The molecule has 3 heteroatoms. The molecule has 2 nitrogen and oxygen atoms in total. The third kappa shape index (κ3) is 3.58. The van der Waals surface area contributed by atoms with Gasteiger partial charge in [0.25, 0.3) is 0 Å². The first kappa shape index (κ1) is 13.7. The van der Waals surface area contributed by atoms with E-state index in [-0.39, 0.29) is 6.04 Å². The largest absolute Gasteiger partial charge is 0.385 e. The summed E-state index contributed by atoms with van der Waals surface area (Å²) in [7, 11) is 1.72. The molecule has 0 aliphatic heterocycles. The van der Waals surface area contributed by atoms with Gasteiger partial charge in [-0.1, -0.05) is 28.9 Å². The number of rotatable bonds is 5. The smallest absolute Gasteiger partial charge is 0.0465 e. The predicted octanol–water partition coefficient (Wildman–Crippen LogP) is 3.43. The van der Waals surface area contributed by atoms with E-state index in [0.717, 1.165) is 17.5 Å². The number of hydrogen-bond donors (Lipinski definition) is 1. The fourth-order valence-corrected chi connectivity index (χ4v) is 2.14. The second-order valence-electron chi connectivity index (χ2n) is 4.29. The van der Waals surface area contributed by atoms with Gasteiger partial charge in [-0.05, 0) is 42.5 Å². The van der Waals surface area contributed by atoms with Gasteiger partial charge in [0.1, 0.15) is 0 Å². The Kier molecular flexibility index (Phi) is 5.46. The molecule has 1 aromatic rings. The van der Waals surface area contributed by atoms with Gasteiger partial charge in [0.05, 0.1) is 0 Å². The highest BCUT2D eigenvalue weighted by Crippen LogP contribution is 2.27. The highest BCUT2D eigenvalue weighted by molar-refractivity contribution is 9.10. The standard InChI is InChI=1S/C13H20BrNO/c1-9-4-5-11(14)8-12(9)13(15)10(2)6-7-16-3/h4-5,8,10,13H,6-7,15H2,1-3H3. The minimum Gasteiger partial charge on any atom is -0.385 e. The Morgan fingerprint density at radius 3 is 2.75 bits per heavy atom. The van der Waals surface area contributed by atoms with Gasteiger partial charge in [-0.25, -0.2) is 0 Å². The summed E-state index contributed by atoms with van der Waals surface area (Å²) >= 11 is 3.49. The van der Waals surface area contributed by atoms with E-state index in [1.165, 1.54) is 11.1 Å². The van der Waals surface area contributed by atoms with Crippen molar-refractivity contribution in [2.45, 2.75) is 26.3 Å². The molecule has 2 atom stereocenters. The fourth-order valence-electron chi connectivity index (χ4n) is 1.76. The molecular formula is C13H20BrNO. The van der Waals surface area contributed by atoms with Crippen molar-refractivity contribution < 1.29 is 4.74 Å². The molecule has 1 rings (SSSR count). The number of methoxy groups -OCH3 is 1. The number of ether oxygens (including phenoxy) is 1. The van der Waals surface area contributed by atoms with Crippen LogP contribution in [0.5, 0.6) is 0 Å². The molecule has 0 radical (unpaired) electrons. The lowest BCUT2D eigenvalue weighted by Gasteiger charge is -2.22. The van der Waals surface area contributed by atoms with Crippen molar-refractivity contribution in [1.82, 2.24) is 0 Å². The lowest BCUT2D eigenvalue weighted by molar-refractivity contribution is 0.174. The summed E-state index contributed by atoms with van der Waals surface area (Å²) in [6.07, 6.45) is 0.990. The third-order valence-electron chi connectivity index (χ3n) is 2.99. The molecule has 0 heterocycles. The average Bonchev–Trinajstić information content (AvgIpc) is 2.28. The van der Waals surface area contributed by atoms with Gasteiger partial charge in [0.15, 0.2) is 0 Å². The van der Waals surface area contributed by atoms with Gasteiger partial charge in [0.2, 0.25) is 0 Å². The Hall–Kier alpha value is -0.380. The van der Waals surface area contributed by atoms with Gasteiger partial charge in [-0.2, -0.15) is 0 Å². The molecule has 0 bridgehead atoms. The van der Waals surface area contributed by atoms with E-state index < -0.39 is 0 Å². The molecule has 1 aromatic carbocycles. The van der Waals surface area contributed by atoms with E-state index in [4.69, 9.17) is 10.5 Å². The van der Waals surface area contributed by atoms with E-state index in [1.54, 1.807) is 7.11 Å². The highest BCUT2D eigenvalue weighted by Gasteiger charge is 2.16. The summed E-state index contributed by atoms with van der Waals surface area (Å²) in [6, 6.07) is 6.34. The lowest BCUT2D eigenvalue weighted by atomic mass is 9.90. The van der Waals surface area contributed by atoms with Gasteiger partial charge in [-0.3, -0.25) is 0 Å². The molecule has 90 valence electrons. The molecule has 16 heavy (non-hydrogen) atoms. The van der Waals surface area contributed by atoms with Crippen LogP contribution < -0.4 is 5.73 Å². The molecule has 0 spiro atoms. The molecule has 0 aliphatic carbocycles. The van der Waals surface area contributed by atoms with Crippen molar-refractivity contribution in [3.63, 3.8) is 0 Å². The first-order valence-electron chi connectivity index (χ1n) is 5.56. The van der Waals surface area contributed by atoms with E-state index in [1.807, 2.05) is 6.07 Å². The molecule has 0 fully saturated rings. The highest BCUT2D eigenvalue weighted by atomic mass is 79.9. The third-order valence-corrected chi connectivity index (χ3v) is 3.48. The Morgan fingerprint density at radius 2 is 2.12 bits per heavy atom. The van der Waals surface area contributed by atoms with Crippen LogP contribution in [0.25, 0.3) is 0 Å². The Balaban J connectivity index is 2.78. The van der Waals surface area contributed by atoms with Crippen LogP contribution in [-0.4, -0.2) is 13.7 Å². The first-order chi connectivity index (χ1) is 7.56. The Bertz CT molecular complexity index is 341. The van der Waals surface area contributed by atoms with E-state index in [2.05, 4.69) is 41.9 Å². The van der Waals surface area contributed by atoms with Gasteiger partial charge in [-0.15, -0.1) is 0 Å². The minimum atomic E-state index is 0.0765. The molecule has 0 aliphatic rings. The first-order valence-corrected chi connectivity index (χ1v) is 6.36. The van der Waals surface area contributed by atoms with Crippen LogP contribution >= 0.6 is 15.9 Å². The van der Waals surface area contributed by atoms with Crippen molar-refractivity contribution in [2.75, 3.05) is 13.7 Å². The number of hydrogen-bond acceptors (Lipinski definition) is 2. The zero-order valence-corrected chi connectivity index (χ0v) is 11.8. The van der Waals surface area contributed by atoms with Crippen LogP contribution in [0.15, 0.2) is 22.7 Å². The molecular weight excluding hydrogens is 266 g/mol. The Morgan fingerprint density at radius 1 is 1.44 bits per heavy atom. The molecule has 0 saturated heterocycles. The van der Waals surface area contributed by atoms with Crippen LogP contribution in [-0.2, 0) is 4.74 Å². The lowest BCUT2D eigenvalue weighted by Crippen LogP contribution is -2.21. The zero-order valence-electron chi connectivity index (χ0n) is 10.2. The second-order valence-corrected chi connectivity index (χ2v) is 5.20. The number of benzene rings is 1. The maximum atomic E-state index is 6.27. The summed E-state index contributed by atoms with van der Waals surface area (Å²) in [5.41, 5.74) is 8.74. The quantitative estimate of drug-likeness (QED) is 0.900. The maximum Gasteiger partial charge on any atom is 0.0465 e. The van der Waals surface area contributed by atoms with Crippen molar-refractivity contribution in [1.29, 1.82) is 0 Å². The van der Waals surface area contributed by atoms with E-state index >= 15 is 0 Å². The summed E-state index contributed by atoms with van der Waals surface area (Å²) in [6.45, 7) is 5.04. The van der Waals surface area contributed by atoms with E-state index in [0.29, 0.717) is 5.92 Å². The van der Waals surface area contributed by atoms with Crippen LogP contribution in [0.4, 0.5) is 0 Å². The summed E-state index contributed by atoms with van der Waals surface area (Å²) in [5.74, 6) is 0.424. The van der Waals surface area contributed by atoms with Crippen LogP contribution in [0, 0.1) is 12.8 Å². The SMILES string of the molecule is COCCC(C)C(N)c1cc(Br)ccc1C. The van der Waals surface area contributed by atoms with Crippen molar-refractivity contribution in [3.8, 4) is 0 Å². The molecule has 2 unspecified atom stereocenters. The Labute approximate surface area is 106 Å². The van der Waals surface area contributed by atoms with Crippen molar-refractivity contribution in [2.24, 2.45) is 11.7 Å². The summed E-state index contributed by atoms with van der Waals surface area (Å²) < 4.78 is 6.17. The maximum absolute atomic E-state index is 6.27. The molecule has 0 aromatic heterocycles. The van der Waals surface area contributed by atoms with Gasteiger partial charge in [0, 0.05) is 24.2 Å². The van der Waals surface area contributed by atoms with Crippen LogP contribution in [0.2, 0.25) is 0 Å². The number of halogens is 1. The molecule has 0 saturated carbocycles. The second kappa shape index (κ2) is 6.38. The zero-order chi connectivity index (χ0) is 12.1. The fraction of sp³-hybridized carbons (Fsp3) is 0.538. The molecule has 2 N–H and O–H groups in total. The van der Waals surface area contributed by atoms with E-state index in [9.17, 15) is 0 Å². The molecule has 0 amide bonds. The topological polar surface area (TPSA) is 35.2 Å². The van der Waals surface area contributed by atoms with Crippen molar-refractivity contribution >= 4 is 15.9 Å². The normalized spacial score (nSPS) is 14.8. The van der Waals surface area contributed by atoms with Crippen LogP contribution in [0.3, 0.4) is 0 Å². The minimum absolute atomic E-state index is 0.0765. The summed E-state index contributed by atoms with van der Waals surface area (Å²) in [4.78, 5) is 0. The average molecular weight is 286 g/mol. The van der Waals surface area contributed by atoms with Crippen molar-refractivity contribution in [3.05, 3.63) is 33.8 Å². The predicted molar refractivity (Wildman–Crippen MR) is 71.5 cm³/mol. The van der Waals surface area contributed by atoms with Crippen LogP contribution in [0.1, 0.15) is 30.5 Å². The number of aryl methyl sites for hydroxylation is 1. The summed E-state index contributed by atoms with van der Waals surface area (Å²) in [5, 5.41) is 0. The van der Waals surface area contributed by atoms with Gasteiger partial charge < -0.3 is 10.5 Å². The number of nitrogens with two attached hydrogens (primary N) is 1.